The van der Waals surface area contributed by atoms with Crippen molar-refractivity contribution in [3.63, 3.8) is 0 Å². The molecule has 0 bridgehead atoms. The zero-order valence-electron chi connectivity index (χ0n) is 8.84. The topological polar surface area (TPSA) is 12.0 Å². The van der Waals surface area contributed by atoms with Gasteiger partial charge in [-0.3, -0.25) is 0 Å². The molecule has 1 aliphatic heterocycles. The Balaban J connectivity index is 1.41. The van der Waals surface area contributed by atoms with Crippen molar-refractivity contribution in [3.05, 3.63) is 0 Å². The molecule has 14 heavy (non-hydrogen) atoms. The number of nitrogens with one attached hydrogen (secondary N) is 1. The second-order valence-corrected chi connectivity index (χ2v) is 6.69. The highest BCUT2D eigenvalue weighted by Crippen LogP contribution is 2.32. The number of hydrogen-bond acceptors (Lipinski definition) is 3. The molecule has 0 radical (unpaired) electrons. The van der Waals surface area contributed by atoms with Crippen LogP contribution in [0.15, 0.2) is 0 Å². The van der Waals surface area contributed by atoms with Gasteiger partial charge < -0.3 is 5.32 Å². The monoisotopic (exact) mass is 231 g/mol. The molecule has 1 heterocycles. The predicted molar refractivity (Wildman–Crippen MR) is 68.4 cm³/mol. The molecule has 1 unspecified atom stereocenters. The van der Waals surface area contributed by atoms with E-state index in [9.17, 15) is 0 Å². The number of hydrogen-bond donors (Lipinski definition) is 1. The summed E-state index contributed by atoms with van der Waals surface area (Å²) in [6.07, 6.45) is 5.82. The molecule has 2 fully saturated rings. The lowest BCUT2D eigenvalue weighted by atomic mass is 10.2. The van der Waals surface area contributed by atoms with Crippen LogP contribution < -0.4 is 5.32 Å². The van der Waals surface area contributed by atoms with Gasteiger partial charge in [-0.05, 0) is 43.1 Å². The Kier molecular flexibility index (Phi) is 5.01. The van der Waals surface area contributed by atoms with Gasteiger partial charge in [-0.15, -0.1) is 0 Å². The third-order valence-corrected chi connectivity index (χ3v) is 5.31. The normalized spacial score (nSPS) is 27.9. The minimum atomic E-state index is 0.815. The molecular formula is C11H21NS2. The van der Waals surface area contributed by atoms with Gasteiger partial charge in [-0.1, -0.05) is 0 Å². The summed E-state index contributed by atoms with van der Waals surface area (Å²) in [6.45, 7) is 1.22. The van der Waals surface area contributed by atoms with Gasteiger partial charge in [-0.25, -0.2) is 0 Å². The van der Waals surface area contributed by atoms with Gasteiger partial charge in [0.1, 0.15) is 0 Å². The molecular weight excluding hydrogens is 210 g/mol. The zero-order chi connectivity index (χ0) is 9.64. The lowest BCUT2D eigenvalue weighted by Crippen LogP contribution is -2.35. The average molecular weight is 231 g/mol. The van der Waals surface area contributed by atoms with E-state index >= 15 is 0 Å². The zero-order valence-corrected chi connectivity index (χ0v) is 10.5. The van der Waals surface area contributed by atoms with Crippen LogP contribution in [0.2, 0.25) is 0 Å². The van der Waals surface area contributed by atoms with Gasteiger partial charge in [0, 0.05) is 24.1 Å². The van der Waals surface area contributed by atoms with Crippen molar-refractivity contribution in [2.24, 2.45) is 5.92 Å². The molecule has 1 nitrogen and oxygen atoms in total. The second kappa shape index (κ2) is 6.29. The molecule has 82 valence electrons. The summed E-state index contributed by atoms with van der Waals surface area (Å²) in [4.78, 5) is 0. The van der Waals surface area contributed by atoms with Crippen LogP contribution in [0.1, 0.15) is 25.7 Å². The molecule has 0 amide bonds. The van der Waals surface area contributed by atoms with Crippen molar-refractivity contribution in [1.82, 2.24) is 5.32 Å². The Morgan fingerprint density at radius 1 is 1.29 bits per heavy atom. The molecule has 1 saturated carbocycles. The summed E-state index contributed by atoms with van der Waals surface area (Å²) in [5, 5.41) is 3.67. The predicted octanol–water partition coefficient (Wildman–Crippen LogP) is 2.61. The SMILES string of the molecule is C1CSCC(NCCSCC2CC2)C1. The van der Waals surface area contributed by atoms with Crippen LogP contribution in [-0.2, 0) is 0 Å². The van der Waals surface area contributed by atoms with Crippen LogP contribution in [0.4, 0.5) is 0 Å². The molecule has 0 aromatic rings. The molecule has 1 saturated heterocycles. The molecule has 1 N–H and O–H groups in total. The smallest absolute Gasteiger partial charge is 0.0158 e. The van der Waals surface area contributed by atoms with Crippen LogP contribution in [0.3, 0.4) is 0 Å². The highest BCUT2D eigenvalue weighted by atomic mass is 32.2. The van der Waals surface area contributed by atoms with E-state index in [4.69, 9.17) is 0 Å². The first kappa shape index (κ1) is 11.2. The van der Waals surface area contributed by atoms with Crippen LogP contribution >= 0.6 is 23.5 Å². The fourth-order valence-electron chi connectivity index (χ4n) is 1.77. The Hall–Kier alpha value is 0.660. The summed E-state index contributed by atoms with van der Waals surface area (Å²) < 4.78 is 0. The van der Waals surface area contributed by atoms with Gasteiger partial charge in [0.25, 0.3) is 0 Å². The first-order valence-corrected chi connectivity index (χ1v) is 8.15. The van der Waals surface area contributed by atoms with E-state index in [-0.39, 0.29) is 0 Å². The average Bonchev–Trinajstić information content (AvgIpc) is 3.03. The van der Waals surface area contributed by atoms with Gasteiger partial charge in [0.2, 0.25) is 0 Å². The molecule has 0 aromatic carbocycles. The molecule has 0 spiro atoms. The molecule has 2 rings (SSSR count). The van der Waals surface area contributed by atoms with Gasteiger partial charge >= 0.3 is 0 Å². The van der Waals surface area contributed by atoms with E-state index in [1.165, 1.54) is 55.2 Å². The summed E-state index contributed by atoms with van der Waals surface area (Å²) in [6, 6.07) is 0.815. The van der Waals surface area contributed by atoms with Crippen LogP contribution in [0.25, 0.3) is 0 Å². The van der Waals surface area contributed by atoms with Crippen molar-refractivity contribution < 1.29 is 0 Å². The highest BCUT2D eigenvalue weighted by Gasteiger charge is 2.20. The van der Waals surface area contributed by atoms with E-state index in [1.54, 1.807) is 0 Å². The van der Waals surface area contributed by atoms with Crippen LogP contribution in [0.5, 0.6) is 0 Å². The van der Waals surface area contributed by atoms with Crippen molar-refractivity contribution in [3.8, 4) is 0 Å². The molecule has 2 aliphatic rings. The second-order valence-electron chi connectivity index (χ2n) is 4.39. The summed E-state index contributed by atoms with van der Waals surface area (Å²) >= 11 is 4.26. The van der Waals surface area contributed by atoms with Crippen LogP contribution in [-0.4, -0.2) is 35.6 Å². The van der Waals surface area contributed by atoms with Crippen molar-refractivity contribution >= 4 is 23.5 Å². The maximum atomic E-state index is 3.67. The van der Waals surface area contributed by atoms with Gasteiger partial charge in [0.15, 0.2) is 0 Å². The fraction of sp³-hybridized carbons (Fsp3) is 1.00. The number of thioether (sulfide) groups is 2. The molecule has 3 heteroatoms. The van der Waals surface area contributed by atoms with Gasteiger partial charge in [0.05, 0.1) is 0 Å². The summed E-state index contributed by atoms with van der Waals surface area (Å²) in [5.74, 6) is 6.55. The van der Waals surface area contributed by atoms with E-state index in [0.29, 0.717) is 0 Å². The Bertz CT molecular complexity index is 153. The minimum absolute atomic E-state index is 0.815. The van der Waals surface area contributed by atoms with Crippen molar-refractivity contribution in [1.29, 1.82) is 0 Å². The molecule has 0 aromatic heterocycles. The lowest BCUT2D eigenvalue weighted by molar-refractivity contribution is 0.525. The first-order chi connectivity index (χ1) is 6.95. The van der Waals surface area contributed by atoms with Crippen molar-refractivity contribution in [2.75, 3.05) is 29.6 Å². The highest BCUT2D eigenvalue weighted by molar-refractivity contribution is 7.99. The van der Waals surface area contributed by atoms with E-state index in [1.807, 2.05) is 0 Å². The quantitative estimate of drug-likeness (QED) is 0.706. The third kappa shape index (κ3) is 4.45. The first-order valence-electron chi connectivity index (χ1n) is 5.84. The van der Waals surface area contributed by atoms with E-state index in [2.05, 4.69) is 28.8 Å². The van der Waals surface area contributed by atoms with E-state index in [0.717, 1.165) is 12.0 Å². The number of rotatable bonds is 6. The van der Waals surface area contributed by atoms with E-state index < -0.39 is 0 Å². The lowest BCUT2D eigenvalue weighted by Gasteiger charge is -2.22. The van der Waals surface area contributed by atoms with Crippen molar-refractivity contribution in [2.45, 2.75) is 31.7 Å². The Morgan fingerprint density at radius 2 is 2.21 bits per heavy atom. The van der Waals surface area contributed by atoms with Gasteiger partial charge in [-0.2, -0.15) is 23.5 Å². The maximum Gasteiger partial charge on any atom is 0.0158 e. The Morgan fingerprint density at radius 3 is 2.93 bits per heavy atom. The maximum absolute atomic E-state index is 3.67. The molecule has 1 aliphatic carbocycles. The minimum Gasteiger partial charge on any atom is -0.312 e. The Labute approximate surface area is 96.2 Å². The standard InChI is InChI=1S/C11H21NS2/c1-2-11(9-13-6-1)12-5-7-14-8-10-3-4-10/h10-12H,1-9H2. The molecule has 1 atom stereocenters. The van der Waals surface area contributed by atoms with Crippen LogP contribution in [0, 0.1) is 5.92 Å². The third-order valence-electron chi connectivity index (χ3n) is 2.89. The largest absolute Gasteiger partial charge is 0.312 e. The summed E-state index contributed by atoms with van der Waals surface area (Å²) in [7, 11) is 0. The fourth-order valence-corrected chi connectivity index (χ4v) is 3.97. The summed E-state index contributed by atoms with van der Waals surface area (Å²) in [5.41, 5.74) is 0.